The number of rotatable bonds is 2. The summed E-state index contributed by atoms with van der Waals surface area (Å²) in [6.45, 7) is 0. The highest BCUT2D eigenvalue weighted by Crippen LogP contribution is 2.35. The van der Waals surface area contributed by atoms with Gasteiger partial charge in [0.1, 0.15) is 5.52 Å². The van der Waals surface area contributed by atoms with Crippen molar-refractivity contribution in [1.82, 2.24) is 4.57 Å². The summed E-state index contributed by atoms with van der Waals surface area (Å²) in [6.07, 6.45) is 0.0954. The van der Waals surface area contributed by atoms with Gasteiger partial charge < -0.3 is 9.84 Å². The van der Waals surface area contributed by atoms with Crippen molar-refractivity contribution in [3.63, 3.8) is 0 Å². The van der Waals surface area contributed by atoms with Crippen molar-refractivity contribution in [2.75, 3.05) is 7.11 Å². The third-order valence-corrected chi connectivity index (χ3v) is 2.39. The number of nitrogens with zero attached hydrogens (tertiary/aromatic N) is 2. The van der Waals surface area contributed by atoms with E-state index in [2.05, 4.69) is 0 Å². The van der Waals surface area contributed by atoms with Crippen LogP contribution < -0.4 is 4.74 Å². The van der Waals surface area contributed by atoms with Crippen LogP contribution in [0.1, 0.15) is 0 Å². The first-order valence-electron chi connectivity index (χ1n) is 4.62. The second kappa shape index (κ2) is 3.78. The fourth-order valence-electron chi connectivity index (χ4n) is 1.69. The van der Waals surface area contributed by atoms with Gasteiger partial charge in [-0.15, -0.1) is 0 Å². The molecule has 0 amide bonds. The summed E-state index contributed by atoms with van der Waals surface area (Å²) in [5.74, 6) is -0.0556. The van der Waals surface area contributed by atoms with Gasteiger partial charge >= 0.3 is 11.8 Å². The van der Waals surface area contributed by atoms with E-state index in [-0.39, 0.29) is 17.0 Å². The molecule has 1 aromatic carbocycles. The van der Waals surface area contributed by atoms with Crippen LogP contribution in [0.5, 0.6) is 5.75 Å². The van der Waals surface area contributed by atoms with Crippen molar-refractivity contribution in [3.8, 4) is 5.75 Å². The van der Waals surface area contributed by atoms with E-state index in [4.69, 9.17) is 9.84 Å². The minimum Gasteiger partial charge on any atom is -0.489 e. The maximum Gasteiger partial charge on any atom is 0.416 e. The Labute approximate surface area is 95.0 Å². The Morgan fingerprint density at radius 3 is 2.71 bits per heavy atom. The van der Waals surface area contributed by atoms with Gasteiger partial charge in [-0.1, -0.05) is 0 Å². The van der Waals surface area contributed by atoms with Gasteiger partial charge in [0.05, 0.1) is 12.0 Å². The number of methoxy groups -OCH3 is 1. The Kier molecular flexibility index (Phi) is 2.43. The predicted molar refractivity (Wildman–Crippen MR) is 58.6 cm³/mol. The van der Waals surface area contributed by atoms with Gasteiger partial charge in [0.25, 0.3) is 0 Å². The van der Waals surface area contributed by atoms with Crippen LogP contribution in [0.15, 0.2) is 24.4 Å². The van der Waals surface area contributed by atoms with Gasteiger partial charge in [-0.3, -0.25) is 10.1 Å². The van der Waals surface area contributed by atoms with Crippen molar-refractivity contribution in [2.45, 2.75) is 0 Å². The number of hydrogen-bond acceptors (Lipinski definition) is 4. The first kappa shape index (κ1) is 10.9. The molecule has 1 aromatic heterocycles. The number of ether oxygens (including phenoxy) is 1. The predicted octanol–water partition coefficient (Wildman–Crippen LogP) is 2.08. The second-order valence-electron chi connectivity index (χ2n) is 3.28. The van der Waals surface area contributed by atoms with Gasteiger partial charge in [-0.2, -0.15) is 0 Å². The summed E-state index contributed by atoms with van der Waals surface area (Å²) in [6, 6.07) is 4.32. The van der Waals surface area contributed by atoms with E-state index in [0.717, 1.165) is 4.57 Å². The highest BCUT2D eigenvalue weighted by molar-refractivity contribution is 5.95. The summed E-state index contributed by atoms with van der Waals surface area (Å²) in [4.78, 5) is 21.1. The minimum atomic E-state index is -1.22. The first-order chi connectivity index (χ1) is 8.06. The first-order valence-corrected chi connectivity index (χ1v) is 4.62. The van der Waals surface area contributed by atoms with Crippen molar-refractivity contribution in [2.24, 2.45) is 0 Å². The molecule has 7 nitrogen and oxygen atoms in total. The molecule has 0 saturated heterocycles. The number of fused-ring (bicyclic) bond motifs is 1. The van der Waals surface area contributed by atoms with Gasteiger partial charge in [0.2, 0.25) is 5.75 Å². The molecule has 0 bridgehead atoms. The topological polar surface area (TPSA) is 94.6 Å². The zero-order valence-electron chi connectivity index (χ0n) is 8.78. The Morgan fingerprint density at radius 1 is 1.47 bits per heavy atom. The van der Waals surface area contributed by atoms with Gasteiger partial charge in [-0.05, 0) is 12.1 Å². The van der Waals surface area contributed by atoms with Crippen molar-refractivity contribution < 1.29 is 19.6 Å². The molecule has 0 aliphatic carbocycles. The molecule has 0 unspecified atom stereocenters. The lowest BCUT2D eigenvalue weighted by Crippen LogP contribution is -2.07. The summed E-state index contributed by atoms with van der Waals surface area (Å²) in [7, 11) is 1.26. The van der Waals surface area contributed by atoms with E-state index in [1.807, 2.05) is 0 Å². The molecule has 2 aromatic rings. The lowest BCUT2D eigenvalue weighted by Gasteiger charge is -2.05. The standard InChI is InChI=1S/C10H8N2O5/c1-17-9-7(12(15)16)3-2-6-4-5-11(8(6)9)10(13)14/h2-5H,1H3,(H,13,14). The zero-order chi connectivity index (χ0) is 12.6. The molecule has 0 aliphatic rings. The number of benzene rings is 1. The number of aromatic nitrogens is 1. The fraction of sp³-hybridized carbons (Fsp3) is 0.100. The molecule has 0 fully saturated rings. The maximum absolute atomic E-state index is 11.0. The number of carboxylic acid groups (broad SMARTS) is 1. The summed E-state index contributed by atoms with van der Waals surface area (Å²) in [5.41, 5.74) is -0.0876. The quantitative estimate of drug-likeness (QED) is 0.636. The summed E-state index contributed by atoms with van der Waals surface area (Å²) in [5, 5.41) is 20.3. The molecule has 0 aliphatic heterocycles. The van der Waals surface area contributed by atoms with Gasteiger partial charge in [0.15, 0.2) is 0 Å². The normalized spacial score (nSPS) is 10.4. The third-order valence-electron chi connectivity index (χ3n) is 2.39. The molecule has 0 spiro atoms. The number of nitro benzene ring substituents is 1. The summed E-state index contributed by atoms with van der Waals surface area (Å²) < 4.78 is 5.83. The molecule has 2 rings (SSSR count). The monoisotopic (exact) mass is 236 g/mol. The van der Waals surface area contributed by atoms with Crippen LogP contribution in [-0.4, -0.2) is 27.8 Å². The molecule has 0 atom stereocenters. The van der Waals surface area contributed by atoms with E-state index >= 15 is 0 Å². The van der Waals surface area contributed by atoms with Crippen LogP contribution in [0.3, 0.4) is 0 Å². The van der Waals surface area contributed by atoms with E-state index in [1.165, 1.54) is 25.4 Å². The van der Waals surface area contributed by atoms with Crippen LogP contribution >= 0.6 is 0 Å². The van der Waals surface area contributed by atoms with E-state index in [1.54, 1.807) is 6.07 Å². The molecule has 1 N–H and O–H groups in total. The number of nitro groups is 1. The SMILES string of the molecule is COc1c([N+](=O)[O-])ccc2ccn(C(=O)O)c12. The lowest BCUT2D eigenvalue weighted by atomic mass is 10.2. The van der Waals surface area contributed by atoms with Crippen LogP contribution in [0.25, 0.3) is 10.9 Å². The number of hydrogen-bond donors (Lipinski definition) is 1. The highest BCUT2D eigenvalue weighted by atomic mass is 16.6. The molecular formula is C10H8N2O5. The Balaban J connectivity index is 2.87. The minimum absolute atomic E-state index is 0.0556. The molecular weight excluding hydrogens is 228 g/mol. The summed E-state index contributed by atoms with van der Waals surface area (Å²) >= 11 is 0. The zero-order valence-corrected chi connectivity index (χ0v) is 8.78. The molecule has 17 heavy (non-hydrogen) atoms. The molecule has 0 radical (unpaired) electrons. The lowest BCUT2D eigenvalue weighted by molar-refractivity contribution is -0.385. The second-order valence-corrected chi connectivity index (χ2v) is 3.28. The van der Waals surface area contributed by atoms with E-state index < -0.39 is 11.0 Å². The van der Waals surface area contributed by atoms with Crippen LogP contribution in [0, 0.1) is 10.1 Å². The van der Waals surface area contributed by atoms with Crippen molar-refractivity contribution in [3.05, 3.63) is 34.5 Å². The van der Waals surface area contributed by atoms with Crippen LogP contribution in [-0.2, 0) is 0 Å². The smallest absolute Gasteiger partial charge is 0.416 e. The van der Waals surface area contributed by atoms with Gasteiger partial charge in [0, 0.05) is 17.6 Å². The largest absolute Gasteiger partial charge is 0.489 e. The van der Waals surface area contributed by atoms with Gasteiger partial charge in [-0.25, -0.2) is 9.36 Å². The maximum atomic E-state index is 11.0. The highest BCUT2D eigenvalue weighted by Gasteiger charge is 2.21. The number of carbonyl (C=O) groups is 1. The average molecular weight is 236 g/mol. The van der Waals surface area contributed by atoms with Crippen LogP contribution in [0.4, 0.5) is 10.5 Å². The molecule has 88 valence electrons. The van der Waals surface area contributed by atoms with Crippen molar-refractivity contribution in [1.29, 1.82) is 0 Å². The Hall–Kier alpha value is -2.57. The molecule has 7 heteroatoms. The van der Waals surface area contributed by atoms with E-state index in [0.29, 0.717) is 5.39 Å². The molecule has 0 saturated carbocycles. The Morgan fingerprint density at radius 2 is 2.18 bits per heavy atom. The van der Waals surface area contributed by atoms with Crippen molar-refractivity contribution >= 4 is 22.7 Å². The average Bonchev–Trinajstić information content (AvgIpc) is 2.70. The molecule has 1 heterocycles. The Bertz CT molecular complexity index is 616. The van der Waals surface area contributed by atoms with Crippen LogP contribution in [0.2, 0.25) is 0 Å². The van der Waals surface area contributed by atoms with E-state index in [9.17, 15) is 14.9 Å². The third kappa shape index (κ3) is 1.57. The fourth-order valence-corrected chi connectivity index (χ4v) is 1.69.